The maximum Gasteiger partial charge on any atom is 0.420 e. The molecule has 0 unspecified atom stereocenters. The van der Waals surface area contributed by atoms with E-state index in [0.29, 0.717) is 9.51 Å². The van der Waals surface area contributed by atoms with Crippen LogP contribution in [0.5, 0.6) is 0 Å². The second-order valence-corrected chi connectivity index (χ2v) is 4.85. The Balaban J connectivity index is 0.00000289. The lowest BCUT2D eigenvalue weighted by molar-refractivity contribution is -0.823. The van der Waals surface area contributed by atoms with Crippen molar-refractivity contribution in [1.29, 1.82) is 0 Å². The zero-order valence-electron chi connectivity index (χ0n) is 11.3. The Bertz CT molecular complexity index is 417. The van der Waals surface area contributed by atoms with Crippen LogP contribution in [0.1, 0.15) is 19.4 Å². The zero-order chi connectivity index (χ0) is 13.1. The van der Waals surface area contributed by atoms with Crippen LogP contribution in [0.25, 0.3) is 0 Å². The van der Waals surface area contributed by atoms with E-state index in [1.807, 2.05) is 40.0 Å². The number of aryl methyl sites for hydroxylation is 1. The van der Waals surface area contributed by atoms with Crippen molar-refractivity contribution in [3.8, 4) is 0 Å². The first kappa shape index (κ1) is 17.2. The molecule has 5 heteroatoms. The molecule has 0 aliphatic carbocycles. The number of nitrogens with zero attached hydrogens (tertiary/aromatic N) is 1. The molecule has 0 heterocycles. The number of hydrogen-bond donors (Lipinski definition) is 1. The number of carbonyl (C=O) groups is 1. The minimum atomic E-state index is 0. The number of hydrogen-bond acceptors (Lipinski definition) is 1. The molecule has 0 atom stereocenters. The van der Waals surface area contributed by atoms with Gasteiger partial charge in [0.2, 0.25) is 0 Å². The van der Waals surface area contributed by atoms with Gasteiger partial charge in [0.1, 0.15) is 0 Å². The predicted molar refractivity (Wildman–Crippen MR) is 72.5 cm³/mol. The summed E-state index contributed by atoms with van der Waals surface area (Å²) in [6, 6.07) is 5.48. The fourth-order valence-electron chi connectivity index (χ4n) is 1.53. The van der Waals surface area contributed by atoms with Gasteiger partial charge in [0.05, 0.1) is 20.1 Å². The van der Waals surface area contributed by atoms with Gasteiger partial charge in [-0.05, 0) is 44.5 Å². The van der Waals surface area contributed by atoms with Gasteiger partial charge in [-0.2, -0.15) is 0 Å². The molecule has 0 saturated heterocycles. The van der Waals surface area contributed by atoms with E-state index in [1.165, 1.54) is 0 Å². The van der Waals surface area contributed by atoms with E-state index in [0.717, 1.165) is 24.3 Å². The average Bonchev–Trinajstić information content (AvgIpc) is 2.31. The number of quaternary nitrogens is 1. The fraction of sp³-hybridized carbons (Fsp3) is 0.462. The summed E-state index contributed by atoms with van der Waals surface area (Å²) >= 11 is 5.88. The van der Waals surface area contributed by atoms with Crippen LogP contribution in [0.2, 0.25) is 5.02 Å². The average molecular weight is 291 g/mol. The first-order valence-electron chi connectivity index (χ1n) is 5.85. The Kier molecular flexibility index (Phi) is 6.68. The second-order valence-electron chi connectivity index (χ2n) is 4.42. The third-order valence-corrected chi connectivity index (χ3v) is 3.55. The summed E-state index contributed by atoms with van der Waals surface area (Å²) in [6.07, 6.45) is 0. The fourth-order valence-corrected chi connectivity index (χ4v) is 1.75. The number of carbonyl (C=O) groups excluding carboxylic acids is 1. The van der Waals surface area contributed by atoms with Gasteiger partial charge in [-0.3, -0.25) is 5.32 Å². The van der Waals surface area contributed by atoms with Crippen molar-refractivity contribution in [1.82, 2.24) is 0 Å². The van der Waals surface area contributed by atoms with Crippen molar-refractivity contribution < 1.29 is 21.7 Å². The quantitative estimate of drug-likeness (QED) is 0.815. The van der Waals surface area contributed by atoms with Crippen molar-refractivity contribution in [2.24, 2.45) is 0 Å². The topological polar surface area (TPSA) is 29.1 Å². The van der Waals surface area contributed by atoms with Crippen LogP contribution in [0.15, 0.2) is 18.2 Å². The lowest BCUT2D eigenvalue weighted by Crippen LogP contribution is -3.00. The maximum atomic E-state index is 12.2. The van der Waals surface area contributed by atoms with E-state index in [-0.39, 0.29) is 18.4 Å². The normalized spacial score (nSPS) is 10.7. The summed E-state index contributed by atoms with van der Waals surface area (Å²) in [5.41, 5.74) is 1.80. The van der Waals surface area contributed by atoms with Crippen LogP contribution in [0.3, 0.4) is 0 Å². The number of benzene rings is 1. The smallest absolute Gasteiger partial charge is 0.420 e. The molecule has 0 aliphatic rings. The Labute approximate surface area is 120 Å². The molecule has 0 bridgehead atoms. The summed E-state index contributed by atoms with van der Waals surface area (Å²) < 4.78 is 0.377. The van der Waals surface area contributed by atoms with E-state index in [4.69, 9.17) is 11.6 Å². The Morgan fingerprint density at radius 2 is 1.89 bits per heavy atom. The highest BCUT2D eigenvalue weighted by Crippen LogP contribution is 2.20. The minimum absolute atomic E-state index is 0. The molecule has 1 aromatic rings. The van der Waals surface area contributed by atoms with E-state index >= 15 is 0 Å². The lowest BCUT2D eigenvalue weighted by atomic mass is 10.2. The summed E-state index contributed by atoms with van der Waals surface area (Å²) in [4.78, 5) is 12.2. The summed E-state index contributed by atoms with van der Waals surface area (Å²) in [7, 11) is 1.93. The summed E-state index contributed by atoms with van der Waals surface area (Å²) in [5.74, 6) is 0. The molecule has 1 aromatic carbocycles. The molecule has 1 rings (SSSR count). The molecular weight excluding hydrogens is 271 g/mol. The molecule has 0 radical (unpaired) electrons. The number of anilines is 1. The van der Waals surface area contributed by atoms with E-state index in [2.05, 4.69) is 5.32 Å². The highest BCUT2D eigenvalue weighted by molar-refractivity contribution is 6.30. The Morgan fingerprint density at radius 3 is 2.33 bits per heavy atom. The Hall–Kier alpha value is -0.770. The van der Waals surface area contributed by atoms with E-state index in [9.17, 15) is 4.79 Å². The van der Waals surface area contributed by atoms with Crippen molar-refractivity contribution in [2.75, 3.05) is 25.5 Å². The summed E-state index contributed by atoms with van der Waals surface area (Å²) in [5, 5.41) is 3.64. The molecule has 102 valence electrons. The third-order valence-electron chi connectivity index (χ3n) is 3.32. The SMILES string of the molecule is CC[N+](C)(CC)C(=O)Nc1ccc(Cl)cc1C.[Cl-]. The molecule has 0 aromatic heterocycles. The molecule has 18 heavy (non-hydrogen) atoms. The predicted octanol–water partition coefficient (Wildman–Crippen LogP) is 0.671. The van der Waals surface area contributed by atoms with Crippen molar-refractivity contribution in [3.63, 3.8) is 0 Å². The van der Waals surface area contributed by atoms with E-state index in [1.54, 1.807) is 6.07 Å². The van der Waals surface area contributed by atoms with Gasteiger partial charge in [0.15, 0.2) is 0 Å². The van der Waals surface area contributed by atoms with Crippen LogP contribution in [-0.4, -0.2) is 30.7 Å². The van der Waals surface area contributed by atoms with Crippen LogP contribution in [0, 0.1) is 6.92 Å². The van der Waals surface area contributed by atoms with Gasteiger partial charge < -0.3 is 12.4 Å². The molecular formula is C13H20Cl2N2O. The molecule has 0 saturated carbocycles. The number of rotatable bonds is 3. The summed E-state index contributed by atoms with van der Waals surface area (Å²) in [6.45, 7) is 7.50. The van der Waals surface area contributed by atoms with Gasteiger partial charge in [-0.15, -0.1) is 0 Å². The van der Waals surface area contributed by atoms with Crippen LogP contribution >= 0.6 is 11.6 Å². The standard InChI is InChI=1S/C13H19ClN2O.ClH/c1-5-16(4,6-2)13(17)15-12-8-7-11(14)9-10(12)3;/h7-9H,5-6H2,1-4H3;1H. The van der Waals surface area contributed by atoms with Gasteiger partial charge >= 0.3 is 6.03 Å². The molecule has 0 fully saturated rings. The number of nitrogens with one attached hydrogen (secondary N) is 1. The van der Waals surface area contributed by atoms with Crippen molar-refractivity contribution in [2.45, 2.75) is 20.8 Å². The van der Waals surface area contributed by atoms with Crippen molar-refractivity contribution >= 4 is 23.3 Å². The first-order valence-corrected chi connectivity index (χ1v) is 6.23. The monoisotopic (exact) mass is 290 g/mol. The molecule has 0 spiro atoms. The molecule has 0 aliphatic heterocycles. The van der Waals surface area contributed by atoms with Crippen LogP contribution < -0.4 is 17.7 Å². The van der Waals surface area contributed by atoms with Gasteiger partial charge in [-0.1, -0.05) is 11.6 Å². The highest BCUT2D eigenvalue weighted by atomic mass is 35.5. The highest BCUT2D eigenvalue weighted by Gasteiger charge is 2.28. The third kappa shape index (κ3) is 3.87. The minimum Gasteiger partial charge on any atom is -1.00 e. The van der Waals surface area contributed by atoms with E-state index < -0.39 is 0 Å². The number of halogens is 2. The molecule has 1 N–H and O–H groups in total. The maximum absolute atomic E-state index is 12.2. The molecule has 3 nitrogen and oxygen atoms in total. The number of amides is 2. The number of urea groups is 1. The van der Waals surface area contributed by atoms with Gasteiger partial charge in [0, 0.05) is 10.7 Å². The molecule has 2 amide bonds. The van der Waals surface area contributed by atoms with Gasteiger partial charge in [-0.25, -0.2) is 9.28 Å². The largest absolute Gasteiger partial charge is 1.00 e. The Morgan fingerprint density at radius 1 is 1.33 bits per heavy atom. The zero-order valence-corrected chi connectivity index (χ0v) is 12.8. The van der Waals surface area contributed by atoms with Crippen LogP contribution in [-0.2, 0) is 0 Å². The van der Waals surface area contributed by atoms with Crippen LogP contribution in [0.4, 0.5) is 10.5 Å². The van der Waals surface area contributed by atoms with Gasteiger partial charge in [0.25, 0.3) is 0 Å². The first-order chi connectivity index (χ1) is 7.92. The second kappa shape index (κ2) is 6.98. The van der Waals surface area contributed by atoms with Crippen molar-refractivity contribution in [3.05, 3.63) is 28.8 Å². The lowest BCUT2D eigenvalue weighted by Gasteiger charge is -2.28.